The van der Waals surface area contributed by atoms with Crippen LogP contribution >= 0.6 is 0 Å². The number of nitrogens with zero attached hydrogens (tertiary/aromatic N) is 2. The Morgan fingerprint density at radius 1 is 1.16 bits per heavy atom. The summed E-state index contributed by atoms with van der Waals surface area (Å²) in [5.41, 5.74) is 1.83. The highest BCUT2D eigenvalue weighted by atomic mass is 16.5. The predicted octanol–water partition coefficient (Wildman–Crippen LogP) is 3.06. The van der Waals surface area contributed by atoms with Gasteiger partial charge in [0.05, 0.1) is 29.7 Å². The molecule has 1 N–H and O–H groups in total. The van der Waals surface area contributed by atoms with E-state index in [1.807, 2.05) is 36.4 Å². The van der Waals surface area contributed by atoms with Crippen molar-refractivity contribution in [3.63, 3.8) is 0 Å². The first-order chi connectivity index (χ1) is 12.2. The summed E-state index contributed by atoms with van der Waals surface area (Å²) in [5.74, 6) is 0.706. The van der Waals surface area contributed by atoms with Crippen LogP contribution in [-0.4, -0.2) is 34.6 Å². The minimum absolute atomic E-state index is 0.0208. The molecule has 2 atom stereocenters. The third-order valence-corrected chi connectivity index (χ3v) is 4.84. The van der Waals surface area contributed by atoms with Crippen LogP contribution in [0.3, 0.4) is 0 Å². The molecule has 0 aliphatic carbocycles. The molecular weight excluding hydrogens is 314 g/mol. The van der Waals surface area contributed by atoms with Crippen molar-refractivity contribution in [1.82, 2.24) is 14.9 Å². The van der Waals surface area contributed by atoms with Crippen LogP contribution in [0.2, 0.25) is 0 Å². The highest BCUT2D eigenvalue weighted by Gasteiger charge is 2.27. The average molecular weight is 335 g/mol. The molecule has 1 aliphatic rings. The number of aromatic nitrogens is 2. The number of nitrogens with one attached hydrogen (secondary N) is 1. The van der Waals surface area contributed by atoms with Gasteiger partial charge in [-0.1, -0.05) is 42.5 Å². The molecule has 3 aromatic rings. The van der Waals surface area contributed by atoms with E-state index in [1.165, 1.54) is 5.56 Å². The number of para-hydroxylation sites is 1. The minimum Gasteiger partial charge on any atom is -0.371 e. The lowest BCUT2D eigenvalue weighted by atomic mass is 10.1. The average Bonchev–Trinajstić information content (AvgIpc) is 2.68. The standard InChI is InChI=1S/C20H21N3O2/c1-14(19-21-17-10-6-5-9-16(17)20(24)22-19)23-11-12-25-18(13-23)15-7-3-2-4-8-15/h2-10,14,18H,11-13H2,1H3,(H,21,22,24). The Labute approximate surface area is 146 Å². The summed E-state index contributed by atoms with van der Waals surface area (Å²) in [6.07, 6.45) is 0.0459. The number of benzene rings is 2. The van der Waals surface area contributed by atoms with Crippen molar-refractivity contribution in [3.8, 4) is 0 Å². The van der Waals surface area contributed by atoms with Crippen LogP contribution in [0.4, 0.5) is 0 Å². The number of aromatic amines is 1. The molecule has 1 saturated heterocycles. The molecule has 5 heteroatoms. The third-order valence-electron chi connectivity index (χ3n) is 4.84. The highest BCUT2D eigenvalue weighted by Crippen LogP contribution is 2.27. The lowest BCUT2D eigenvalue weighted by molar-refractivity contribution is -0.0442. The van der Waals surface area contributed by atoms with Crippen LogP contribution in [0.25, 0.3) is 10.9 Å². The fraction of sp³-hybridized carbons (Fsp3) is 0.300. The largest absolute Gasteiger partial charge is 0.371 e. The molecule has 2 heterocycles. The summed E-state index contributed by atoms with van der Waals surface area (Å²) < 4.78 is 5.94. The molecule has 0 radical (unpaired) electrons. The summed E-state index contributed by atoms with van der Waals surface area (Å²) in [7, 11) is 0. The topological polar surface area (TPSA) is 58.2 Å². The zero-order valence-corrected chi connectivity index (χ0v) is 14.2. The molecule has 0 amide bonds. The second-order valence-electron chi connectivity index (χ2n) is 6.41. The fourth-order valence-corrected chi connectivity index (χ4v) is 3.37. The van der Waals surface area contributed by atoms with Crippen molar-refractivity contribution in [2.45, 2.75) is 19.1 Å². The van der Waals surface area contributed by atoms with Crippen LogP contribution in [0, 0.1) is 0 Å². The van der Waals surface area contributed by atoms with Crippen molar-refractivity contribution >= 4 is 10.9 Å². The Morgan fingerprint density at radius 3 is 2.76 bits per heavy atom. The van der Waals surface area contributed by atoms with Gasteiger partial charge in [-0.3, -0.25) is 9.69 Å². The molecule has 2 aromatic carbocycles. The Hall–Kier alpha value is -2.50. The number of fused-ring (bicyclic) bond motifs is 1. The summed E-state index contributed by atoms with van der Waals surface area (Å²) in [5, 5.41) is 0.627. The van der Waals surface area contributed by atoms with E-state index in [2.05, 4.69) is 33.9 Å². The maximum Gasteiger partial charge on any atom is 0.258 e. The Balaban J connectivity index is 1.60. The van der Waals surface area contributed by atoms with E-state index in [9.17, 15) is 4.79 Å². The van der Waals surface area contributed by atoms with Gasteiger partial charge in [-0.15, -0.1) is 0 Å². The monoisotopic (exact) mass is 335 g/mol. The van der Waals surface area contributed by atoms with Crippen LogP contribution in [0.1, 0.15) is 30.5 Å². The fourth-order valence-electron chi connectivity index (χ4n) is 3.37. The van der Waals surface area contributed by atoms with Gasteiger partial charge in [-0.05, 0) is 24.6 Å². The zero-order chi connectivity index (χ0) is 17.2. The second-order valence-corrected chi connectivity index (χ2v) is 6.41. The van der Waals surface area contributed by atoms with Gasteiger partial charge in [0.1, 0.15) is 5.82 Å². The number of morpholine rings is 1. The van der Waals surface area contributed by atoms with Gasteiger partial charge in [0.2, 0.25) is 0 Å². The van der Waals surface area contributed by atoms with Crippen LogP contribution in [0.15, 0.2) is 59.4 Å². The smallest absolute Gasteiger partial charge is 0.258 e. The molecule has 0 bridgehead atoms. The Kier molecular flexibility index (Phi) is 4.34. The molecule has 0 saturated carbocycles. The first-order valence-electron chi connectivity index (χ1n) is 8.62. The van der Waals surface area contributed by atoms with Crippen molar-refractivity contribution in [2.75, 3.05) is 19.7 Å². The van der Waals surface area contributed by atoms with Gasteiger partial charge in [-0.2, -0.15) is 0 Å². The van der Waals surface area contributed by atoms with E-state index in [-0.39, 0.29) is 17.7 Å². The van der Waals surface area contributed by atoms with Gasteiger partial charge in [-0.25, -0.2) is 4.98 Å². The van der Waals surface area contributed by atoms with Gasteiger partial charge in [0, 0.05) is 13.1 Å². The quantitative estimate of drug-likeness (QED) is 0.799. The molecule has 4 rings (SSSR count). The molecule has 2 unspecified atom stereocenters. The minimum atomic E-state index is -0.0830. The van der Waals surface area contributed by atoms with Crippen molar-refractivity contribution in [1.29, 1.82) is 0 Å². The van der Waals surface area contributed by atoms with Crippen LogP contribution < -0.4 is 5.56 Å². The maximum absolute atomic E-state index is 12.3. The lowest BCUT2D eigenvalue weighted by Gasteiger charge is -2.36. The molecule has 1 fully saturated rings. The molecular formula is C20H21N3O2. The first kappa shape index (κ1) is 16.0. The van der Waals surface area contributed by atoms with Crippen molar-refractivity contribution in [3.05, 3.63) is 76.3 Å². The van der Waals surface area contributed by atoms with E-state index in [4.69, 9.17) is 4.74 Å². The SMILES string of the molecule is CC(c1nc2ccccc2c(=O)[nH]1)N1CCOC(c2ccccc2)C1. The van der Waals surface area contributed by atoms with E-state index < -0.39 is 0 Å². The molecule has 25 heavy (non-hydrogen) atoms. The number of ether oxygens (including phenoxy) is 1. The lowest BCUT2D eigenvalue weighted by Crippen LogP contribution is -2.40. The van der Waals surface area contributed by atoms with Crippen molar-refractivity contribution in [2.24, 2.45) is 0 Å². The van der Waals surface area contributed by atoms with Gasteiger partial charge >= 0.3 is 0 Å². The summed E-state index contributed by atoms with van der Waals surface area (Å²) in [6.45, 7) is 4.35. The summed E-state index contributed by atoms with van der Waals surface area (Å²) in [6, 6.07) is 17.7. The number of hydrogen-bond donors (Lipinski definition) is 1. The summed E-state index contributed by atoms with van der Waals surface area (Å²) in [4.78, 5) is 22.3. The van der Waals surface area contributed by atoms with Gasteiger partial charge in [0.25, 0.3) is 5.56 Å². The first-order valence-corrected chi connectivity index (χ1v) is 8.62. The molecule has 5 nitrogen and oxygen atoms in total. The van der Waals surface area contributed by atoms with Crippen molar-refractivity contribution < 1.29 is 4.74 Å². The van der Waals surface area contributed by atoms with E-state index in [0.717, 1.165) is 18.6 Å². The molecule has 1 aliphatic heterocycles. The Morgan fingerprint density at radius 2 is 1.92 bits per heavy atom. The van der Waals surface area contributed by atoms with Crippen LogP contribution in [-0.2, 0) is 4.74 Å². The molecule has 0 spiro atoms. The second kappa shape index (κ2) is 6.78. The highest BCUT2D eigenvalue weighted by molar-refractivity contribution is 5.77. The van der Waals surface area contributed by atoms with E-state index >= 15 is 0 Å². The number of rotatable bonds is 3. The zero-order valence-electron chi connectivity index (χ0n) is 14.2. The van der Waals surface area contributed by atoms with Gasteiger partial charge in [0.15, 0.2) is 0 Å². The number of H-pyrrole nitrogens is 1. The third kappa shape index (κ3) is 3.21. The van der Waals surface area contributed by atoms with Crippen LogP contribution in [0.5, 0.6) is 0 Å². The molecule has 1 aromatic heterocycles. The van der Waals surface area contributed by atoms with E-state index in [0.29, 0.717) is 17.8 Å². The maximum atomic E-state index is 12.3. The molecule has 128 valence electrons. The van der Waals surface area contributed by atoms with Gasteiger partial charge < -0.3 is 9.72 Å². The summed E-state index contributed by atoms with van der Waals surface area (Å²) >= 11 is 0. The predicted molar refractivity (Wildman–Crippen MR) is 97.5 cm³/mol. The Bertz CT molecular complexity index is 923. The number of hydrogen-bond acceptors (Lipinski definition) is 4. The normalized spacial score (nSPS) is 19.8. The van der Waals surface area contributed by atoms with E-state index in [1.54, 1.807) is 6.07 Å².